The highest BCUT2D eigenvalue weighted by Gasteiger charge is 2.41. The second kappa shape index (κ2) is 11.7. The minimum Gasteiger partial charge on any atom is -0.493 e. The molecule has 3 rings (SSSR count). The number of aliphatic hydroxyl groups excluding tert-OH is 1. The molecule has 2 aliphatic heterocycles. The molecule has 190 valence electrons. The molecule has 0 aromatic heterocycles. The summed E-state index contributed by atoms with van der Waals surface area (Å²) in [6.07, 6.45) is 3.41. The number of hydrogen-bond donors (Lipinski definition) is 1. The van der Waals surface area contributed by atoms with Crippen molar-refractivity contribution in [3.8, 4) is 5.75 Å². The van der Waals surface area contributed by atoms with Crippen LogP contribution >= 0.6 is 11.6 Å². The third-order valence-electron chi connectivity index (χ3n) is 7.09. The van der Waals surface area contributed by atoms with E-state index in [1.165, 1.54) is 0 Å². The van der Waals surface area contributed by atoms with Gasteiger partial charge in [0.05, 0.1) is 12.7 Å². The zero-order valence-corrected chi connectivity index (χ0v) is 21.9. The van der Waals surface area contributed by atoms with Gasteiger partial charge in [0.15, 0.2) is 0 Å². The molecule has 1 aromatic carbocycles. The van der Waals surface area contributed by atoms with Crippen LogP contribution in [0.1, 0.15) is 49.7 Å². The molecule has 2 amide bonds. The summed E-state index contributed by atoms with van der Waals surface area (Å²) in [4.78, 5) is 32.0. The van der Waals surface area contributed by atoms with Gasteiger partial charge in [-0.2, -0.15) is 0 Å². The van der Waals surface area contributed by atoms with E-state index in [-0.39, 0.29) is 17.9 Å². The van der Waals surface area contributed by atoms with Crippen LogP contribution in [0.5, 0.6) is 5.75 Å². The lowest BCUT2D eigenvalue weighted by Crippen LogP contribution is -2.52. The lowest BCUT2D eigenvalue weighted by molar-refractivity contribution is -0.142. The van der Waals surface area contributed by atoms with Crippen LogP contribution in [0.2, 0.25) is 5.02 Å². The molecule has 0 unspecified atom stereocenters. The molecule has 2 aliphatic rings. The Morgan fingerprint density at radius 1 is 1.12 bits per heavy atom. The van der Waals surface area contributed by atoms with Crippen molar-refractivity contribution in [2.24, 2.45) is 5.41 Å². The number of carbonyl (C=O) groups excluding carboxylic acids is 2. The molecule has 1 atom stereocenters. The number of aliphatic hydroxyl groups is 1. The van der Waals surface area contributed by atoms with Gasteiger partial charge in [0.25, 0.3) is 0 Å². The summed E-state index contributed by atoms with van der Waals surface area (Å²) in [6, 6.07) is 3.86. The predicted octanol–water partition coefficient (Wildman–Crippen LogP) is 3.27. The number of amides is 2. The number of hydrogen-bond acceptors (Lipinski definition) is 5. The van der Waals surface area contributed by atoms with Crippen LogP contribution in [0.4, 0.5) is 0 Å². The first-order valence-corrected chi connectivity index (χ1v) is 12.7. The van der Waals surface area contributed by atoms with Crippen molar-refractivity contribution < 1.29 is 19.4 Å². The average Bonchev–Trinajstić information content (AvgIpc) is 2.80. The van der Waals surface area contributed by atoms with Crippen LogP contribution in [0.3, 0.4) is 0 Å². The maximum absolute atomic E-state index is 13.3. The van der Waals surface area contributed by atoms with Gasteiger partial charge < -0.3 is 24.5 Å². The molecule has 0 radical (unpaired) electrons. The van der Waals surface area contributed by atoms with Crippen LogP contribution < -0.4 is 4.74 Å². The fraction of sp³-hybridized carbons (Fsp3) is 0.692. The second-order valence-corrected chi connectivity index (χ2v) is 10.8. The lowest BCUT2D eigenvalue weighted by atomic mass is 9.77. The zero-order valence-electron chi connectivity index (χ0n) is 21.1. The third kappa shape index (κ3) is 7.09. The maximum Gasteiger partial charge on any atom is 0.223 e. The van der Waals surface area contributed by atoms with E-state index in [0.717, 1.165) is 41.3 Å². The van der Waals surface area contributed by atoms with Gasteiger partial charge in [-0.25, -0.2) is 0 Å². The Labute approximate surface area is 209 Å². The summed E-state index contributed by atoms with van der Waals surface area (Å²) >= 11 is 6.33. The molecule has 34 heavy (non-hydrogen) atoms. The quantitative estimate of drug-likeness (QED) is 0.601. The summed E-state index contributed by atoms with van der Waals surface area (Å²) in [5, 5.41) is 10.6. The summed E-state index contributed by atoms with van der Waals surface area (Å²) in [5.74, 6) is 0.953. The van der Waals surface area contributed by atoms with E-state index in [2.05, 4.69) is 0 Å². The molecule has 2 heterocycles. The second-order valence-electron chi connectivity index (χ2n) is 10.4. The number of ether oxygens (including phenoxy) is 1. The van der Waals surface area contributed by atoms with Gasteiger partial charge in [-0.3, -0.25) is 9.59 Å². The number of aryl methyl sites for hydroxylation is 2. The molecule has 0 bridgehead atoms. The SMILES string of the molecule is Cc1cc(OC[C@@]2(CC(=O)N3CCC(O)CC3)CCCN(C(=O)CCN(C)C)C2)cc(C)c1Cl. The molecule has 0 spiro atoms. The average molecular weight is 494 g/mol. The molecular formula is C26H40ClN3O4. The van der Waals surface area contributed by atoms with E-state index >= 15 is 0 Å². The molecule has 2 fully saturated rings. The first-order chi connectivity index (χ1) is 16.1. The van der Waals surface area contributed by atoms with Crippen molar-refractivity contribution in [2.45, 2.75) is 58.5 Å². The third-order valence-corrected chi connectivity index (χ3v) is 7.68. The van der Waals surface area contributed by atoms with Crippen molar-refractivity contribution in [2.75, 3.05) is 53.4 Å². The minimum atomic E-state index is -0.444. The van der Waals surface area contributed by atoms with Gasteiger partial charge in [-0.15, -0.1) is 0 Å². The number of piperidine rings is 2. The smallest absolute Gasteiger partial charge is 0.223 e. The highest BCUT2D eigenvalue weighted by atomic mass is 35.5. The zero-order chi connectivity index (χ0) is 24.9. The van der Waals surface area contributed by atoms with Crippen LogP contribution in [-0.2, 0) is 9.59 Å². The highest BCUT2D eigenvalue weighted by molar-refractivity contribution is 6.32. The number of halogens is 1. The van der Waals surface area contributed by atoms with E-state index in [9.17, 15) is 14.7 Å². The van der Waals surface area contributed by atoms with E-state index < -0.39 is 5.41 Å². The van der Waals surface area contributed by atoms with Gasteiger partial charge in [0, 0.05) is 56.0 Å². The van der Waals surface area contributed by atoms with Gasteiger partial charge in [-0.05, 0) is 76.9 Å². The molecule has 0 aliphatic carbocycles. The fourth-order valence-corrected chi connectivity index (χ4v) is 5.09. The van der Waals surface area contributed by atoms with Crippen LogP contribution in [-0.4, -0.2) is 91.2 Å². The van der Waals surface area contributed by atoms with Crippen molar-refractivity contribution >= 4 is 23.4 Å². The van der Waals surface area contributed by atoms with Gasteiger partial charge >= 0.3 is 0 Å². The van der Waals surface area contributed by atoms with Crippen molar-refractivity contribution in [3.63, 3.8) is 0 Å². The Hall–Kier alpha value is -1.83. The fourth-order valence-electron chi connectivity index (χ4n) is 4.99. The highest BCUT2D eigenvalue weighted by Crippen LogP contribution is 2.36. The topological polar surface area (TPSA) is 73.3 Å². The number of carbonyl (C=O) groups is 2. The van der Waals surface area contributed by atoms with Crippen molar-refractivity contribution in [1.82, 2.24) is 14.7 Å². The molecule has 7 nitrogen and oxygen atoms in total. The van der Waals surface area contributed by atoms with E-state index in [1.54, 1.807) is 0 Å². The van der Waals surface area contributed by atoms with Crippen LogP contribution in [0.15, 0.2) is 12.1 Å². The number of nitrogens with zero attached hydrogens (tertiary/aromatic N) is 3. The Morgan fingerprint density at radius 3 is 2.38 bits per heavy atom. The standard InChI is InChI=1S/C26H40ClN3O4/c1-19-14-22(15-20(2)25(19)27)34-18-26(16-24(33)29-12-6-21(31)7-13-29)9-5-10-30(17-26)23(32)8-11-28(3)4/h14-15,21,31H,5-13,16-18H2,1-4H3/t26-/m1/s1. The molecule has 0 saturated carbocycles. The first kappa shape index (κ1) is 26.8. The number of rotatable bonds is 8. The summed E-state index contributed by atoms with van der Waals surface area (Å²) in [5.41, 5.74) is 1.47. The van der Waals surface area contributed by atoms with Gasteiger partial charge in [0.1, 0.15) is 5.75 Å². The molecule has 2 saturated heterocycles. The van der Waals surface area contributed by atoms with Crippen molar-refractivity contribution in [1.29, 1.82) is 0 Å². The Morgan fingerprint density at radius 2 is 1.76 bits per heavy atom. The van der Waals surface area contributed by atoms with E-state index in [1.807, 2.05) is 54.8 Å². The first-order valence-electron chi connectivity index (χ1n) is 12.4. The normalized spacial score (nSPS) is 21.7. The van der Waals surface area contributed by atoms with E-state index in [4.69, 9.17) is 16.3 Å². The number of likely N-dealkylation sites (tertiary alicyclic amines) is 2. The molecule has 1 N–H and O–H groups in total. The molecule has 8 heteroatoms. The largest absolute Gasteiger partial charge is 0.493 e. The van der Waals surface area contributed by atoms with Crippen LogP contribution in [0.25, 0.3) is 0 Å². The monoisotopic (exact) mass is 493 g/mol. The number of benzene rings is 1. The van der Waals surface area contributed by atoms with Crippen LogP contribution in [0, 0.1) is 19.3 Å². The maximum atomic E-state index is 13.3. The molecule has 1 aromatic rings. The summed E-state index contributed by atoms with van der Waals surface area (Å²) < 4.78 is 6.28. The predicted molar refractivity (Wildman–Crippen MR) is 134 cm³/mol. The minimum absolute atomic E-state index is 0.0848. The van der Waals surface area contributed by atoms with Crippen molar-refractivity contribution in [3.05, 3.63) is 28.3 Å². The summed E-state index contributed by atoms with van der Waals surface area (Å²) in [6.45, 7) is 7.39. The summed E-state index contributed by atoms with van der Waals surface area (Å²) in [7, 11) is 3.93. The van der Waals surface area contributed by atoms with E-state index in [0.29, 0.717) is 58.5 Å². The van der Waals surface area contributed by atoms with Gasteiger partial charge in [0.2, 0.25) is 11.8 Å². The Balaban J connectivity index is 1.76. The van der Waals surface area contributed by atoms with Gasteiger partial charge in [-0.1, -0.05) is 11.6 Å². The Kier molecular flexibility index (Phi) is 9.24. The lowest BCUT2D eigenvalue weighted by Gasteiger charge is -2.43. The Bertz CT molecular complexity index is 847. The molecular weight excluding hydrogens is 454 g/mol.